The Kier molecular flexibility index (Phi) is 48.5. The number of halogens is 1. The van der Waals surface area contributed by atoms with Gasteiger partial charge in [-0.05, 0) is 13.8 Å². The minimum absolute atomic E-state index is 0. The fourth-order valence-corrected chi connectivity index (χ4v) is 0.204. The number of rotatable bonds is 2. The first-order valence-electron chi connectivity index (χ1n) is 2.70. The molecule has 0 amide bonds. The van der Waals surface area contributed by atoms with E-state index in [1.807, 2.05) is 40.6 Å². The van der Waals surface area contributed by atoms with Gasteiger partial charge in [-0.25, -0.2) is 0 Å². The molecule has 0 aliphatic heterocycles. The summed E-state index contributed by atoms with van der Waals surface area (Å²) in [5.74, 6) is 0. The molecular weight excluding hydrogens is 180 g/mol. The van der Waals surface area contributed by atoms with Crippen molar-refractivity contribution in [3.63, 3.8) is 0 Å². The maximum atomic E-state index is 4.83. The molecule has 0 bridgehead atoms. The molecule has 0 rings (SSSR count). The zero-order chi connectivity index (χ0) is 6.12. The average Bonchev–Trinajstić information content (AvgIpc) is 1.75. The van der Waals surface area contributed by atoms with Gasteiger partial charge in [0.2, 0.25) is 0 Å². The van der Waals surface area contributed by atoms with Crippen LogP contribution in [0.5, 0.6) is 0 Å². The molecule has 0 N–H and O–H groups in total. The summed E-state index contributed by atoms with van der Waals surface area (Å²) >= 11 is 1.86. The van der Waals surface area contributed by atoms with Crippen LogP contribution < -0.4 is 17.0 Å². The van der Waals surface area contributed by atoms with Crippen LogP contribution in [0.15, 0.2) is 0 Å². The minimum atomic E-state index is 0. The Hall–Kier alpha value is 1.21. The molecule has 0 aromatic heterocycles. The van der Waals surface area contributed by atoms with Crippen molar-refractivity contribution in [2.45, 2.75) is 18.9 Å². The van der Waals surface area contributed by atoms with Crippen molar-refractivity contribution in [3.05, 3.63) is 0 Å². The summed E-state index contributed by atoms with van der Waals surface area (Å²) in [7, 11) is 0. The molecule has 0 radical (unpaired) electrons. The molecule has 0 saturated heterocycles. The normalized spacial score (nSPS) is 6.12. The molecule has 0 aliphatic carbocycles. The Morgan fingerprint density at radius 3 is 1.38 bits per heavy atom. The summed E-state index contributed by atoms with van der Waals surface area (Å²) < 4.78 is 4.83. The fraction of sp³-hybridized carbons (Fsp3) is 1.00. The number of hydrogen-bond acceptors (Lipinski definition) is 1. The van der Waals surface area contributed by atoms with E-state index >= 15 is 0 Å². The third-order valence-electron chi connectivity index (χ3n) is 0.408. The van der Waals surface area contributed by atoms with E-state index < -0.39 is 0 Å². The van der Waals surface area contributed by atoms with E-state index in [0.717, 1.165) is 13.2 Å². The predicted molar refractivity (Wildman–Crippen MR) is 33.8 cm³/mol. The van der Waals surface area contributed by atoms with Gasteiger partial charge in [-0.2, -0.15) is 0 Å². The van der Waals surface area contributed by atoms with E-state index in [9.17, 15) is 0 Å². The maximum absolute atomic E-state index is 4.83. The van der Waals surface area contributed by atoms with Gasteiger partial charge in [-0.15, -0.1) is 0 Å². The monoisotopic (exact) mass is 192 g/mol. The first kappa shape index (κ1) is 16.1. The van der Waals surface area contributed by atoms with Crippen molar-refractivity contribution in [3.8, 4) is 0 Å². The average molecular weight is 193 g/mol. The summed E-state index contributed by atoms with van der Waals surface area (Å²) in [6.45, 7) is 5.67. The Labute approximate surface area is 75.4 Å². The zero-order valence-electron chi connectivity index (χ0n) is 5.91. The first-order valence-corrected chi connectivity index (χ1v) is 4.11. The topological polar surface area (TPSA) is 9.23 Å². The summed E-state index contributed by atoms with van der Waals surface area (Å²) in [6, 6.07) is 0. The van der Waals surface area contributed by atoms with E-state index in [-0.39, 0.29) is 17.0 Å². The van der Waals surface area contributed by atoms with Gasteiger partial charge in [-0.3, -0.25) is 0 Å². The van der Waals surface area contributed by atoms with E-state index in [2.05, 4.69) is 0 Å². The molecule has 0 fully saturated rings. The molecule has 0 aromatic carbocycles. The van der Waals surface area contributed by atoms with E-state index in [1.54, 1.807) is 0 Å². The molecule has 8 heavy (non-hydrogen) atoms. The van der Waals surface area contributed by atoms with E-state index in [0.29, 0.717) is 0 Å². The molecule has 0 atom stereocenters. The second-order valence-electron chi connectivity index (χ2n) is 0.781. The Morgan fingerprint density at radius 2 is 1.38 bits per heavy atom. The standard InChI is InChI=1S/C4H10O.CH3.BrH.Mg/c1-3-5-4-2;;;/h3-4H2,1-2H3;1H3;1H;/q;;;+1/p-1. The van der Waals surface area contributed by atoms with Gasteiger partial charge >= 0.3 is 26.8 Å². The summed E-state index contributed by atoms with van der Waals surface area (Å²) in [5, 5.41) is 2.03. The van der Waals surface area contributed by atoms with Crippen LogP contribution >= 0.6 is 0 Å². The van der Waals surface area contributed by atoms with Crippen molar-refractivity contribution >= 4 is 21.7 Å². The van der Waals surface area contributed by atoms with Gasteiger partial charge in [0.25, 0.3) is 0 Å². The third-order valence-corrected chi connectivity index (χ3v) is 0.408. The van der Waals surface area contributed by atoms with Crippen molar-refractivity contribution < 1.29 is 21.7 Å². The van der Waals surface area contributed by atoms with Crippen LogP contribution in [-0.4, -0.2) is 34.9 Å². The van der Waals surface area contributed by atoms with Crippen molar-refractivity contribution in [1.29, 1.82) is 0 Å². The van der Waals surface area contributed by atoms with Crippen LogP contribution in [0.3, 0.4) is 0 Å². The SMILES string of the molecule is CCOCC.[Br-].[CH3][Mg+]. The first-order chi connectivity index (χ1) is 3.41. The van der Waals surface area contributed by atoms with Gasteiger partial charge in [0.05, 0.1) is 0 Å². The quantitative estimate of drug-likeness (QED) is 0.473. The predicted octanol–water partition coefficient (Wildman–Crippen LogP) is -1.75. The van der Waals surface area contributed by atoms with E-state index in [1.165, 1.54) is 0 Å². The van der Waals surface area contributed by atoms with Crippen LogP contribution in [0.4, 0.5) is 0 Å². The molecule has 0 unspecified atom stereocenters. The van der Waals surface area contributed by atoms with Gasteiger partial charge in [0.1, 0.15) is 0 Å². The summed E-state index contributed by atoms with van der Waals surface area (Å²) in [6.07, 6.45) is 0. The Bertz CT molecular complexity index is 19.9. The molecule has 0 heterocycles. The molecule has 1 nitrogen and oxygen atoms in total. The van der Waals surface area contributed by atoms with Crippen LogP contribution in [0.25, 0.3) is 0 Å². The van der Waals surface area contributed by atoms with Crippen LogP contribution in [0, 0.1) is 0 Å². The van der Waals surface area contributed by atoms with E-state index in [4.69, 9.17) is 4.74 Å². The molecule has 3 heteroatoms. The summed E-state index contributed by atoms with van der Waals surface area (Å²) in [4.78, 5) is 0. The van der Waals surface area contributed by atoms with Crippen molar-refractivity contribution in [2.75, 3.05) is 13.2 Å². The molecule has 0 spiro atoms. The second kappa shape index (κ2) is 24.1. The molecular formula is C5H13BrMgO. The van der Waals surface area contributed by atoms with Gasteiger partial charge in [-0.1, -0.05) is 0 Å². The van der Waals surface area contributed by atoms with Gasteiger partial charge in [0.15, 0.2) is 0 Å². The Morgan fingerprint density at radius 1 is 1.12 bits per heavy atom. The number of hydrogen-bond donors (Lipinski definition) is 0. The van der Waals surface area contributed by atoms with Crippen LogP contribution in [0.2, 0.25) is 5.05 Å². The Balaban J connectivity index is -0.0000000750. The second-order valence-corrected chi connectivity index (χ2v) is 0.781. The molecule has 0 aliphatic rings. The van der Waals surface area contributed by atoms with Gasteiger partial charge < -0.3 is 21.7 Å². The third kappa shape index (κ3) is 27.0. The van der Waals surface area contributed by atoms with Gasteiger partial charge in [0, 0.05) is 13.2 Å². The summed E-state index contributed by atoms with van der Waals surface area (Å²) in [5.41, 5.74) is 0. The molecule has 0 aromatic rings. The van der Waals surface area contributed by atoms with Crippen molar-refractivity contribution in [2.24, 2.45) is 0 Å². The molecule has 48 valence electrons. The molecule has 0 saturated carbocycles. The zero-order valence-corrected chi connectivity index (χ0v) is 8.91. The van der Waals surface area contributed by atoms with Crippen molar-refractivity contribution in [1.82, 2.24) is 0 Å². The number of ether oxygens (including phenoxy) is 1. The fourth-order valence-electron chi connectivity index (χ4n) is 0.204. The van der Waals surface area contributed by atoms with Crippen LogP contribution in [-0.2, 0) is 4.74 Å². The van der Waals surface area contributed by atoms with Crippen LogP contribution in [0.1, 0.15) is 13.8 Å².